The lowest BCUT2D eigenvalue weighted by molar-refractivity contribution is 0.688. The largest absolute Gasteiger partial charge is 0.310 e. The molecule has 1 nitrogen and oxygen atoms in total. The van der Waals surface area contributed by atoms with Gasteiger partial charge in [0, 0.05) is 22.6 Å². The maximum Gasteiger partial charge on any atom is 0.0426 e. The van der Waals surface area contributed by atoms with E-state index in [1.807, 2.05) is 12.1 Å². The van der Waals surface area contributed by atoms with E-state index in [0.29, 0.717) is 16.1 Å². The molecule has 0 radical (unpaired) electrons. The lowest BCUT2D eigenvalue weighted by Crippen LogP contribution is -2.15. The lowest BCUT2D eigenvalue weighted by atomic mass is 9.97. The van der Waals surface area contributed by atoms with Gasteiger partial charge in [0.1, 0.15) is 0 Å². The number of hydrogen-bond donors (Lipinski definition) is 1. The zero-order valence-corrected chi connectivity index (χ0v) is 12.9. The van der Waals surface area contributed by atoms with Gasteiger partial charge in [0.2, 0.25) is 0 Å². The van der Waals surface area contributed by atoms with E-state index < -0.39 is 0 Å². The van der Waals surface area contributed by atoms with Crippen LogP contribution in [0.3, 0.4) is 0 Å². The summed E-state index contributed by atoms with van der Waals surface area (Å²) in [6, 6.07) is 13.0. The molecule has 0 aromatic heterocycles. The Morgan fingerprint density at radius 1 is 1.05 bits per heavy atom. The summed E-state index contributed by atoms with van der Waals surface area (Å²) in [7, 11) is 0. The molecular formula is C17H17Cl2N. The van der Waals surface area contributed by atoms with Crippen molar-refractivity contribution in [3.63, 3.8) is 0 Å². The Bertz CT molecular complexity index is 613. The first-order valence-corrected chi connectivity index (χ1v) is 7.67. The Morgan fingerprint density at radius 3 is 2.40 bits per heavy atom. The molecule has 1 N–H and O–H groups in total. The quantitative estimate of drug-likeness (QED) is 0.816. The van der Waals surface area contributed by atoms with E-state index in [1.54, 1.807) is 6.07 Å². The van der Waals surface area contributed by atoms with Crippen molar-refractivity contribution in [3.8, 4) is 11.1 Å². The van der Waals surface area contributed by atoms with Gasteiger partial charge >= 0.3 is 0 Å². The fourth-order valence-electron chi connectivity index (χ4n) is 2.36. The summed E-state index contributed by atoms with van der Waals surface area (Å²) in [5.74, 6) is 0. The van der Waals surface area contributed by atoms with Gasteiger partial charge in [-0.2, -0.15) is 0 Å². The zero-order chi connectivity index (χ0) is 14.1. The lowest BCUT2D eigenvalue weighted by Gasteiger charge is -2.12. The molecular weight excluding hydrogens is 289 g/mol. The fraction of sp³-hybridized carbons (Fsp3) is 0.294. The molecule has 104 valence electrons. The second-order valence-corrected chi connectivity index (χ2v) is 6.35. The number of benzene rings is 2. The van der Waals surface area contributed by atoms with Gasteiger partial charge in [-0.3, -0.25) is 0 Å². The molecule has 1 aliphatic rings. The van der Waals surface area contributed by atoms with Crippen molar-refractivity contribution in [2.45, 2.75) is 32.4 Å². The molecule has 3 heteroatoms. The summed E-state index contributed by atoms with van der Waals surface area (Å²) in [5, 5.41) is 4.92. The predicted octanol–water partition coefficient (Wildman–Crippen LogP) is 5.22. The molecule has 0 unspecified atom stereocenters. The van der Waals surface area contributed by atoms with Gasteiger partial charge in [-0.15, -0.1) is 0 Å². The molecule has 1 fully saturated rings. The van der Waals surface area contributed by atoms with E-state index in [-0.39, 0.29) is 0 Å². The molecule has 20 heavy (non-hydrogen) atoms. The highest BCUT2D eigenvalue weighted by Crippen LogP contribution is 2.31. The average molecular weight is 306 g/mol. The molecule has 0 amide bonds. The summed E-state index contributed by atoms with van der Waals surface area (Å²) in [5.41, 5.74) is 4.83. The van der Waals surface area contributed by atoms with Crippen LogP contribution in [0.25, 0.3) is 11.1 Å². The van der Waals surface area contributed by atoms with Crippen molar-refractivity contribution in [3.05, 3.63) is 57.6 Å². The number of nitrogens with one attached hydrogen (secondary N) is 1. The summed E-state index contributed by atoms with van der Waals surface area (Å²) < 4.78 is 0. The topological polar surface area (TPSA) is 12.0 Å². The number of hydrogen-bond acceptors (Lipinski definition) is 1. The van der Waals surface area contributed by atoms with Crippen LogP contribution in [0.1, 0.15) is 24.0 Å². The van der Waals surface area contributed by atoms with Gasteiger partial charge in [-0.25, -0.2) is 0 Å². The molecule has 2 aromatic rings. The van der Waals surface area contributed by atoms with Crippen LogP contribution in [0.4, 0.5) is 0 Å². The van der Waals surface area contributed by atoms with Crippen LogP contribution in [0.15, 0.2) is 36.4 Å². The zero-order valence-electron chi connectivity index (χ0n) is 11.4. The monoisotopic (exact) mass is 305 g/mol. The van der Waals surface area contributed by atoms with E-state index in [4.69, 9.17) is 23.2 Å². The second-order valence-electron chi connectivity index (χ2n) is 5.47. The van der Waals surface area contributed by atoms with E-state index in [9.17, 15) is 0 Å². The molecule has 0 aliphatic heterocycles. The summed E-state index contributed by atoms with van der Waals surface area (Å²) in [4.78, 5) is 0. The van der Waals surface area contributed by atoms with Crippen molar-refractivity contribution in [1.29, 1.82) is 0 Å². The summed E-state index contributed by atoms with van der Waals surface area (Å²) in [6.07, 6.45) is 2.59. The third-order valence-corrected chi connectivity index (χ3v) is 4.03. The highest BCUT2D eigenvalue weighted by Gasteiger charge is 2.20. The highest BCUT2D eigenvalue weighted by atomic mass is 35.5. The molecule has 0 spiro atoms. The van der Waals surface area contributed by atoms with E-state index in [2.05, 4.69) is 30.4 Å². The maximum atomic E-state index is 6.13. The molecule has 2 aromatic carbocycles. The fourth-order valence-corrected chi connectivity index (χ4v) is 2.89. The van der Waals surface area contributed by atoms with Crippen molar-refractivity contribution in [1.82, 2.24) is 5.32 Å². The predicted molar refractivity (Wildman–Crippen MR) is 86.5 cm³/mol. The molecule has 0 bridgehead atoms. The van der Waals surface area contributed by atoms with E-state index in [1.165, 1.54) is 29.5 Å². The minimum Gasteiger partial charge on any atom is -0.310 e. The number of aryl methyl sites for hydroxylation is 1. The van der Waals surface area contributed by atoms with E-state index in [0.717, 1.165) is 12.1 Å². The Labute approximate surface area is 129 Å². The first kappa shape index (κ1) is 13.9. The maximum absolute atomic E-state index is 6.13. The Morgan fingerprint density at radius 2 is 1.75 bits per heavy atom. The second kappa shape index (κ2) is 5.77. The van der Waals surface area contributed by atoms with Crippen molar-refractivity contribution < 1.29 is 0 Å². The first-order chi connectivity index (χ1) is 9.61. The SMILES string of the molecule is Cc1ccc(CNC2CC2)c(-c2cc(Cl)cc(Cl)c2)c1. The van der Waals surface area contributed by atoms with Crippen LogP contribution < -0.4 is 5.32 Å². The van der Waals surface area contributed by atoms with Crippen LogP contribution in [0.5, 0.6) is 0 Å². The van der Waals surface area contributed by atoms with Crippen LogP contribution in [0.2, 0.25) is 10.0 Å². The Balaban J connectivity index is 1.98. The molecule has 3 rings (SSSR count). The van der Waals surface area contributed by atoms with Gasteiger partial charge in [-0.1, -0.05) is 47.0 Å². The van der Waals surface area contributed by atoms with Gasteiger partial charge in [0.25, 0.3) is 0 Å². The van der Waals surface area contributed by atoms with Crippen LogP contribution >= 0.6 is 23.2 Å². The number of halogens is 2. The minimum atomic E-state index is 0.676. The van der Waals surface area contributed by atoms with Crippen molar-refractivity contribution in [2.75, 3.05) is 0 Å². The number of rotatable bonds is 4. The van der Waals surface area contributed by atoms with E-state index >= 15 is 0 Å². The summed E-state index contributed by atoms with van der Waals surface area (Å²) in [6.45, 7) is 3.00. The van der Waals surface area contributed by atoms with Crippen molar-refractivity contribution >= 4 is 23.2 Å². The molecule has 1 aliphatic carbocycles. The molecule has 0 saturated heterocycles. The standard InChI is InChI=1S/C17H17Cl2N/c1-11-2-3-12(10-20-16-4-5-16)17(6-11)13-7-14(18)9-15(19)8-13/h2-3,6-9,16,20H,4-5,10H2,1H3. The van der Waals surface area contributed by atoms with Crippen LogP contribution in [-0.4, -0.2) is 6.04 Å². The van der Waals surface area contributed by atoms with Gasteiger partial charge in [-0.05, 0) is 54.7 Å². The summed E-state index contributed by atoms with van der Waals surface area (Å²) >= 11 is 12.3. The normalized spacial score (nSPS) is 14.6. The minimum absolute atomic E-state index is 0.676. The molecule has 1 saturated carbocycles. The third-order valence-electron chi connectivity index (χ3n) is 3.60. The smallest absolute Gasteiger partial charge is 0.0426 e. The first-order valence-electron chi connectivity index (χ1n) is 6.91. The van der Waals surface area contributed by atoms with Crippen LogP contribution in [0, 0.1) is 6.92 Å². The Hall–Kier alpha value is -1.02. The average Bonchev–Trinajstić information content (AvgIpc) is 3.20. The van der Waals surface area contributed by atoms with Gasteiger partial charge < -0.3 is 5.32 Å². The molecule has 0 atom stereocenters. The highest BCUT2D eigenvalue weighted by molar-refractivity contribution is 6.35. The van der Waals surface area contributed by atoms with Gasteiger partial charge in [0.05, 0.1) is 0 Å². The van der Waals surface area contributed by atoms with Crippen LogP contribution in [-0.2, 0) is 6.54 Å². The van der Waals surface area contributed by atoms with Crippen molar-refractivity contribution in [2.24, 2.45) is 0 Å². The Kier molecular flexibility index (Phi) is 4.02. The third kappa shape index (κ3) is 3.35. The molecule has 0 heterocycles. The van der Waals surface area contributed by atoms with Gasteiger partial charge in [0.15, 0.2) is 0 Å².